The number of imide groups is 1. The number of nitrogens with one attached hydrogen (secondary N) is 1. The highest BCUT2D eigenvalue weighted by Gasteiger charge is 2.74. The van der Waals surface area contributed by atoms with E-state index in [-0.39, 0.29) is 23.8 Å². The number of halogens is 1. The first-order valence-corrected chi connectivity index (χ1v) is 12.1. The molecule has 0 unspecified atom stereocenters. The lowest BCUT2D eigenvalue weighted by atomic mass is 9.75. The molecule has 0 saturated carbocycles. The SMILES string of the molecule is Cc1c(Cl)ccc2c1NC(=O)[C@@]21[C@@H]2C(=O)N(c3ccc4ccccc4c3)C(=O)[C@H]2[C@H]2CCCN21. The van der Waals surface area contributed by atoms with Crippen LogP contribution in [-0.4, -0.2) is 35.2 Å². The number of carbonyl (C=O) groups excluding carboxylic acids is 3. The summed E-state index contributed by atoms with van der Waals surface area (Å²) in [7, 11) is 0. The van der Waals surface area contributed by atoms with Crippen molar-refractivity contribution in [1.29, 1.82) is 0 Å². The zero-order valence-corrected chi connectivity index (χ0v) is 19.3. The maximum Gasteiger partial charge on any atom is 0.250 e. The van der Waals surface area contributed by atoms with Crippen LogP contribution in [0.15, 0.2) is 54.6 Å². The number of fused-ring (bicyclic) bond motifs is 8. The van der Waals surface area contributed by atoms with Gasteiger partial charge in [-0.3, -0.25) is 19.3 Å². The Morgan fingerprint density at radius 1 is 1.00 bits per heavy atom. The Labute approximate surface area is 201 Å². The summed E-state index contributed by atoms with van der Waals surface area (Å²) in [5.41, 5.74) is 1.60. The first-order chi connectivity index (χ1) is 16.4. The Kier molecular flexibility index (Phi) is 3.96. The second-order valence-electron chi connectivity index (χ2n) is 9.77. The van der Waals surface area contributed by atoms with Crippen LogP contribution in [0.25, 0.3) is 10.8 Å². The van der Waals surface area contributed by atoms with E-state index in [1.54, 1.807) is 6.07 Å². The maximum absolute atomic E-state index is 14.1. The highest BCUT2D eigenvalue weighted by molar-refractivity contribution is 6.32. The third-order valence-corrected chi connectivity index (χ3v) is 8.76. The molecule has 4 atom stereocenters. The molecule has 0 radical (unpaired) electrons. The number of benzene rings is 3. The molecule has 3 aromatic rings. The van der Waals surface area contributed by atoms with Gasteiger partial charge in [0.2, 0.25) is 17.7 Å². The van der Waals surface area contributed by atoms with Gasteiger partial charge in [-0.15, -0.1) is 0 Å². The van der Waals surface area contributed by atoms with Gasteiger partial charge in [-0.05, 0) is 60.8 Å². The monoisotopic (exact) mass is 471 g/mol. The Balaban J connectivity index is 1.42. The van der Waals surface area contributed by atoms with E-state index >= 15 is 0 Å². The van der Waals surface area contributed by atoms with Crippen molar-refractivity contribution in [2.24, 2.45) is 11.8 Å². The van der Waals surface area contributed by atoms with Crippen LogP contribution in [-0.2, 0) is 19.9 Å². The average molecular weight is 472 g/mol. The summed E-state index contributed by atoms with van der Waals surface area (Å²) in [5, 5.41) is 5.60. The number of carbonyl (C=O) groups is 3. The van der Waals surface area contributed by atoms with Crippen LogP contribution in [0.4, 0.5) is 11.4 Å². The number of hydrogen-bond acceptors (Lipinski definition) is 4. The Hall–Kier alpha value is -3.22. The van der Waals surface area contributed by atoms with Gasteiger partial charge in [0.05, 0.1) is 23.2 Å². The zero-order chi connectivity index (χ0) is 23.4. The van der Waals surface area contributed by atoms with Crippen LogP contribution >= 0.6 is 11.6 Å². The fourth-order valence-corrected chi connectivity index (χ4v) is 7.12. The highest BCUT2D eigenvalue weighted by Crippen LogP contribution is 2.61. The van der Waals surface area contributed by atoms with E-state index in [1.165, 1.54) is 4.90 Å². The van der Waals surface area contributed by atoms with E-state index in [9.17, 15) is 14.4 Å². The summed E-state index contributed by atoms with van der Waals surface area (Å²) in [6.45, 7) is 2.56. The molecule has 4 aliphatic rings. The summed E-state index contributed by atoms with van der Waals surface area (Å²) in [6, 6.07) is 17.0. The summed E-state index contributed by atoms with van der Waals surface area (Å²) >= 11 is 6.37. The number of nitrogens with zero attached hydrogens (tertiary/aromatic N) is 2. The van der Waals surface area contributed by atoms with Crippen LogP contribution in [0.5, 0.6) is 0 Å². The third kappa shape index (κ3) is 2.23. The van der Waals surface area contributed by atoms with E-state index < -0.39 is 17.4 Å². The first kappa shape index (κ1) is 20.2. The highest BCUT2D eigenvalue weighted by atomic mass is 35.5. The predicted molar refractivity (Wildman–Crippen MR) is 130 cm³/mol. The summed E-state index contributed by atoms with van der Waals surface area (Å²) in [4.78, 5) is 45.2. The number of hydrogen-bond donors (Lipinski definition) is 1. The largest absolute Gasteiger partial charge is 0.324 e. The van der Waals surface area contributed by atoms with Gasteiger partial charge >= 0.3 is 0 Å². The Bertz CT molecular complexity index is 1450. The lowest BCUT2D eigenvalue weighted by Gasteiger charge is -2.36. The topological polar surface area (TPSA) is 69.7 Å². The molecular weight excluding hydrogens is 450 g/mol. The number of anilines is 2. The van der Waals surface area contributed by atoms with Crippen LogP contribution in [0.1, 0.15) is 24.0 Å². The molecule has 4 heterocycles. The van der Waals surface area contributed by atoms with Gasteiger partial charge in [0.15, 0.2) is 0 Å². The van der Waals surface area contributed by atoms with E-state index in [0.717, 1.165) is 34.7 Å². The van der Waals surface area contributed by atoms with Crippen molar-refractivity contribution < 1.29 is 14.4 Å². The van der Waals surface area contributed by atoms with Gasteiger partial charge in [0, 0.05) is 16.6 Å². The van der Waals surface area contributed by atoms with Crippen molar-refractivity contribution in [3.05, 3.63) is 70.7 Å². The van der Waals surface area contributed by atoms with Gasteiger partial charge in [-0.1, -0.05) is 48.0 Å². The molecule has 3 fully saturated rings. The normalized spacial score (nSPS) is 29.8. The molecule has 7 rings (SSSR count). The molecule has 3 amide bonds. The van der Waals surface area contributed by atoms with E-state index in [4.69, 9.17) is 11.6 Å². The smallest absolute Gasteiger partial charge is 0.250 e. The first-order valence-electron chi connectivity index (χ1n) is 11.7. The Morgan fingerprint density at radius 2 is 1.79 bits per heavy atom. The summed E-state index contributed by atoms with van der Waals surface area (Å²) in [5.74, 6) is -2.04. The van der Waals surface area contributed by atoms with Gasteiger partial charge in [0.1, 0.15) is 5.54 Å². The fourth-order valence-electron chi connectivity index (χ4n) is 6.96. The minimum absolute atomic E-state index is 0.139. The van der Waals surface area contributed by atoms with E-state index in [0.29, 0.717) is 22.9 Å². The van der Waals surface area contributed by atoms with Crippen LogP contribution in [0.3, 0.4) is 0 Å². The standard InChI is InChI=1S/C27H22ClN3O3/c1-14-19(28)11-10-18-23(14)29-26(34)27(18)22-21(20-7-4-12-30(20)27)24(32)31(25(22)33)17-9-8-15-5-2-3-6-16(15)13-17/h2-3,5-6,8-11,13,20-22H,4,7,12H2,1H3,(H,29,34)/t20-,21+,22+,27+/m1/s1. The van der Waals surface area contributed by atoms with Gasteiger partial charge in [-0.25, -0.2) is 4.90 Å². The summed E-state index contributed by atoms with van der Waals surface area (Å²) in [6.07, 6.45) is 1.69. The van der Waals surface area contributed by atoms with Crippen LogP contribution in [0, 0.1) is 18.8 Å². The molecule has 3 aromatic carbocycles. The lowest BCUT2D eigenvalue weighted by molar-refractivity contribution is -0.135. The minimum Gasteiger partial charge on any atom is -0.324 e. The molecule has 7 heteroatoms. The van der Waals surface area contributed by atoms with Crippen molar-refractivity contribution in [3.8, 4) is 0 Å². The van der Waals surface area contributed by atoms with Crippen molar-refractivity contribution in [2.75, 3.05) is 16.8 Å². The molecule has 170 valence electrons. The summed E-state index contributed by atoms with van der Waals surface area (Å²) < 4.78 is 0. The lowest BCUT2D eigenvalue weighted by Crippen LogP contribution is -2.54. The average Bonchev–Trinajstić information content (AvgIpc) is 3.55. The van der Waals surface area contributed by atoms with Gasteiger partial charge < -0.3 is 5.32 Å². The second-order valence-corrected chi connectivity index (χ2v) is 10.2. The van der Waals surface area contributed by atoms with Crippen LogP contribution < -0.4 is 10.2 Å². The molecule has 1 spiro atoms. The molecular formula is C27H22ClN3O3. The second kappa shape index (κ2) is 6.68. The molecule has 3 saturated heterocycles. The van der Waals surface area contributed by atoms with E-state index in [2.05, 4.69) is 10.2 Å². The molecule has 1 N–H and O–H groups in total. The third-order valence-electron chi connectivity index (χ3n) is 8.35. The van der Waals surface area contributed by atoms with Crippen molar-refractivity contribution in [2.45, 2.75) is 31.3 Å². The van der Waals surface area contributed by atoms with Crippen molar-refractivity contribution >= 4 is 51.5 Å². The molecule has 6 nitrogen and oxygen atoms in total. The Morgan fingerprint density at radius 3 is 2.62 bits per heavy atom. The van der Waals surface area contributed by atoms with Crippen LogP contribution in [0.2, 0.25) is 5.02 Å². The molecule has 0 aliphatic carbocycles. The predicted octanol–water partition coefficient (Wildman–Crippen LogP) is 4.23. The van der Waals surface area contributed by atoms with Gasteiger partial charge in [0.25, 0.3) is 0 Å². The van der Waals surface area contributed by atoms with Gasteiger partial charge in [-0.2, -0.15) is 0 Å². The molecule has 0 bridgehead atoms. The molecule has 34 heavy (non-hydrogen) atoms. The minimum atomic E-state index is -1.19. The molecule has 4 aliphatic heterocycles. The number of rotatable bonds is 1. The van der Waals surface area contributed by atoms with Crippen molar-refractivity contribution in [3.63, 3.8) is 0 Å². The maximum atomic E-state index is 14.1. The fraction of sp³-hybridized carbons (Fsp3) is 0.296. The quantitative estimate of drug-likeness (QED) is 0.539. The number of amides is 3. The van der Waals surface area contributed by atoms with E-state index in [1.807, 2.05) is 55.5 Å². The molecule has 0 aromatic heterocycles. The zero-order valence-electron chi connectivity index (χ0n) is 18.5. The van der Waals surface area contributed by atoms with Crippen molar-refractivity contribution in [1.82, 2.24) is 4.90 Å².